The van der Waals surface area contributed by atoms with E-state index >= 15 is 0 Å². The van der Waals surface area contributed by atoms with Gasteiger partial charge in [0.05, 0.1) is 12.7 Å². The molecule has 0 unspecified atom stereocenters. The number of aromatic nitrogens is 2. The van der Waals surface area contributed by atoms with E-state index in [9.17, 15) is 9.59 Å². The van der Waals surface area contributed by atoms with Crippen molar-refractivity contribution >= 4 is 27.8 Å². The number of pyridine rings is 1. The van der Waals surface area contributed by atoms with E-state index in [1.807, 2.05) is 36.5 Å². The predicted molar refractivity (Wildman–Crippen MR) is 93.2 cm³/mol. The van der Waals surface area contributed by atoms with Crippen LogP contribution in [0.1, 0.15) is 10.4 Å². The maximum atomic E-state index is 12.5. The quantitative estimate of drug-likeness (QED) is 0.556. The predicted octanol–water partition coefficient (Wildman–Crippen LogP) is 3.46. The molecule has 2 N–H and O–H groups in total. The summed E-state index contributed by atoms with van der Waals surface area (Å²) in [6, 6.07) is 14.8. The van der Waals surface area contributed by atoms with Gasteiger partial charge in [-0.05, 0) is 29.7 Å². The Kier molecular flexibility index (Phi) is 3.20. The molecular weight excluding hydrogens is 304 g/mol. The fraction of sp³-hybridized carbons (Fsp3) is 0.0526. The molecule has 0 saturated carbocycles. The van der Waals surface area contributed by atoms with Gasteiger partial charge in [0.1, 0.15) is 0 Å². The molecule has 2 heterocycles. The third-order valence-electron chi connectivity index (χ3n) is 4.15. The van der Waals surface area contributed by atoms with E-state index in [4.69, 9.17) is 4.74 Å². The number of nitrogens with one attached hydrogen (secondary N) is 2. The maximum absolute atomic E-state index is 12.5. The molecule has 0 bridgehead atoms. The molecule has 0 amide bonds. The largest absolute Gasteiger partial charge is 0.465 e. The van der Waals surface area contributed by atoms with Crippen LogP contribution in [0.15, 0.2) is 59.5 Å². The van der Waals surface area contributed by atoms with E-state index in [0.29, 0.717) is 16.6 Å². The van der Waals surface area contributed by atoms with Crippen molar-refractivity contribution in [3.05, 3.63) is 70.6 Å². The number of carbonyl (C=O) groups is 1. The fourth-order valence-corrected chi connectivity index (χ4v) is 2.94. The number of benzene rings is 2. The van der Waals surface area contributed by atoms with Gasteiger partial charge in [-0.15, -0.1) is 0 Å². The number of ether oxygens (including phenoxy) is 1. The molecule has 0 aliphatic heterocycles. The summed E-state index contributed by atoms with van der Waals surface area (Å²) in [5, 5.41) is 1.84. The van der Waals surface area contributed by atoms with Crippen LogP contribution in [0.5, 0.6) is 0 Å². The van der Waals surface area contributed by atoms with Gasteiger partial charge in [0, 0.05) is 33.7 Å². The molecule has 4 rings (SSSR count). The summed E-state index contributed by atoms with van der Waals surface area (Å²) in [5.74, 6) is -0.432. The lowest BCUT2D eigenvalue weighted by atomic mass is 10.0. The molecule has 0 spiro atoms. The average molecular weight is 318 g/mol. The standard InChI is InChI=1S/C19H14N2O3/c1-24-19(23)12-7-6-11-8-14(18(22)21-17(11)9-12)15-10-20-16-5-3-2-4-13(15)16/h2-10,20H,1H3,(H,21,22). The molecule has 2 aromatic heterocycles. The minimum absolute atomic E-state index is 0.200. The van der Waals surface area contributed by atoms with E-state index in [2.05, 4.69) is 9.97 Å². The molecule has 0 aliphatic carbocycles. The monoisotopic (exact) mass is 318 g/mol. The molecule has 0 radical (unpaired) electrons. The van der Waals surface area contributed by atoms with Crippen molar-refractivity contribution in [2.45, 2.75) is 0 Å². The van der Waals surface area contributed by atoms with Crippen molar-refractivity contribution < 1.29 is 9.53 Å². The minimum atomic E-state index is -0.432. The van der Waals surface area contributed by atoms with Gasteiger partial charge in [-0.1, -0.05) is 24.3 Å². The molecule has 0 aliphatic rings. The van der Waals surface area contributed by atoms with E-state index < -0.39 is 5.97 Å². The molecule has 4 aromatic rings. The summed E-state index contributed by atoms with van der Waals surface area (Å²) in [7, 11) is 1.33. The number of rotatable bonds is 2. The summed E-state index contributed by atoms with van der Waals surface area (Å²) >= 11 is 0. The number of hydrogen-bond acceptors (Lipinski definition) is 3. The molecule has 0 saturated heterocycles. The van der Waals surface area contributed by atoms with E-state index in [1.54, 1.807) is 18.2 Å². The number of hydrogen-bond donors (Lipinski definition) is 2. The van der Waals surface area contributed by atoms with Crippen LogP contribution in [0.4, 0.5) is 0 Å². The first kappa shape index (κ1) is 14.3. The van der Waals surface area contributed by atoms with Gasteiger partial charge in [0.2, 0.25) is 0 Å². The Balaban J connectivity index is 1.93. The first-order valence-electron chi connectivity index (χ1n) is 7.49. The lowest BCUT2D eigenvalue weighted by molar-refractivity contribution is 0.0601. The fourth-order valence-electron chi connectivity index (χ4n) is 2.94. The van der Waals surface area contributed by atoms with Crippen molar-refractivity contribution in [3.63, 3.8) is 0 Å². The number of carbonyl (C=O) groups excluding carboxylic acids is 1. The van der Waals surface area contributed by atoms with Gasteiger partial charge in [0.15, 0.2) is 0 Å². The highest BCUT2D eigenvalue weighted by Crippen LogP contribution is 2.27. The maximum Gasteiger partial charge on any atom is 0.337 e. The van der Waals surface area contributed by atoms with Gasteiger partial charge < -0.3 is 14.7 Å². The second-order valence-corrected chi connectivity index (χ2v) is 5.55. The normalized spacial score (nSPS) is 11.0. The Labute approximate surface area is 136 Å². The summed E-state index contributed by atoms with van der Waals surface area (Å²) in [4.78, 5) is 30.2. The highest BCUT2D eigenvalue weighted by Gasteiger charge is 2.12. The number of para-hydroxylation sites is 1. The van der Waals surface area contributed by atoms with Crippen molar-refractivity contribution in [2.24, 2.45) is 0 Å². The summed E-state index contributed by atoms with van der Waals surface area (Å²) < 4.78 is 4.71. The van der Waals surface area contributed by atoms with Crippen molar-refractivity contribution in [2.75, 3.05) is 7.11 Å². The van der Waals surface area contributed by atoms with Crippen molar-refractivity contribution in [3.8, 4) is 11.1 Å². The van der Waals surface area contributed by atoms with Crippen LogP contribution in [0, 0.1) is 0 Å². The molecule has 0 fully saturated rings. The van der Waals surface area contributed by atoms with Gasteiger partial charge in [-0.3, -0.25) is 4.79 Å². The summed E-state index contributed by atoms with van der Waals surface area (Å²) in [6.07, 6.45) is 1.84. The van der Waals surface area contributed by atoms with Crippen LogP contribution in [-0.4, -0.2) is 23.0 Å². The van der Waals surface area contributed by atoms with Crippen LogP contribution in [0.3, 0.4) is 0 Å². The SMILES string of the molecule is COC(=O)c1ccc2cc(-c3c[nH]c4ccccc34)c(=O)[nH]c2c1. The van der Waals surface area contributed by atoms with E-state index in [0.717, 1.165) is 21.9 Å². The first-order chi connectivity index (χ1) is 11.7. The van der Waals surface area contributed by atoms with Crippen LogP contribution in [-0.2, 0) is 4.74 Å². The molecular formula is C19H14N2O3. The van der Waals surface area contributed by atoms with Crippen molar-refractivity contribution in [1.29, 1.82) is 0 Å². The number of H-pyrrole nitrogens is 2. The third kappa shape index (κ3) is 2.18. The third-order valence-corrected chi connectivity index (χ3v) is 4.15. The molecule has 5 heteroatoms. The lowest BCUT2D eigenvalue weighted by Gasteiger charge is -2.05. The zero-order valence-electron chi connectivity index (χ0n) is 12.9. The van der Waals surface area contributed by atoms with Gasteiger partial charge in [-0.2, -0.15) is 0 Å². The topological polar surface area (TPSA) is 75.0 Å². The summed E-state index contributed by atoms with van der Waals surface area (Å²) in [5.41, 5.74) is 3.23. The van der Waals surface area contributed by atoms with Crippen LogP contribution < -0.4 is 5.56 Å². The van der Waals surface area contributed by atoms with Crippen LogP contribution in [0.25, 0.3) is 32.9 Å². The van der Waals surface area contributed by atoms with E-state index in [1.165, 1.54) is 7.11 Å². The highest BCUT2D eigenvalue weighted by molar-refractivity contribution is 5.98. The molecule has 118 valence electrons. The Morgan fingerprint density at radius 3 is 2.67 bits per heavy atom. The zero-order chi connectivity index (χ0) is 16.7. The second-order valence-electron chi connectivity index (χ2n) is 5.55. The Bertz CT molecular complexity index is 1140. The lowest BCUT2D eigenvalue weighted by Crippen LogP contribution is -2.09. The molecule has 0 atom stereocenters. The van der Waals surface area contributed by atoms with Crippen molar-refractivity contribution in [1.82, 2.24) is 9.97 Å². The number of fused-ring (bicyclic) bond motifs is 2. The smallest absolute Gasteiger partial charge is 0.337 e. The molecule has 2 aromatic carbocycles. The number of methoxy groups -OCH3 is 1. The molecule has 24 heavy (non-hydrogen) atoms. The average Bonchev–Trinajstić information content (AvgIpc) is 3.04. The van der Waals surface area contributed by atoms with Gasteiger partial charge in [-0.25, -0.2) is 4.79 Å². The number of aromatic amines is 2. The first-order valence-corrected chi connectivity index (χ1v) is 7.49. The zero-order valence-corrected chi connectivity index (χ0v) is 12.9. The second kappa shape index (κ2) is 5.38. The van der Waals surface area contributed by atoms with Crippen LogP contribution in [0.2, 0.25) is 0 Å². The van der Waals surface area contributed by atoms with E-state index in [-0.39, 0.29) is 5.56 Å². The molecule has 5 nitrogen and oxygen atoms in total. The Morgan fingerprint density at radius 1 is 1.00 bits per heavy atom. The Morgan fingerprint density at radius 2 is 1.83 bits per heavy atom. The van der Waals surface area contributed by atoms with Gasteiger partial charge in [0.25, 0.3) is 5.56 Å². The van der Waals surface area contributed by atoms with Gasteiger partial charge >= 0.3 is 5.97 Å². The number of esters is 1. The summed E-state index contributed by atoms with van der Waals surface area (Å²) in [6.45, 7) is 0. The Hall–Kier alpha value is -3.34. The van der Waals surface area contributed by atoms with Crippen LogP contribution >= 0.6 is 0 Å². The minimum Gasteiger partial charge on any atom is -0.465 e. The highest BCUT2D eigenvalue weighted by atomic mass is 16.5.